The largest absolute Gasteiger partial charge is 0.460 e. The van der Waals surface area contributed by atoms with E-state index in [-0.39, 0.29) is 18.2 Å². The monoisotopic (exact) mass is 260 g/mol. The number of esters is 1. The standard InChI is InChI=1S/C15H16O4/c1-15(2,3)14(17)18-9-10-4-6-12-11(8-10)5-7-13(16)19-12/h4-8H,9H2,1-3H3. The van der Waals surface area contributed by atoms with Crippen LogP contribution in [-0.4, -0.2) is 5.97 Å². The predicted molar refractivity (Wildman–Crippen MR) is 71.7 cm³/mol. The fourth-order valence-electron chi connectivity index (χ4n) is 1.58. The van der Waals surface area contributed by atoms with Crippen LogP contribution in [0.4, 0.5) is 0 Å². The highest BCUT2D eigenvalue weighted by molar-refractivity contribution is 5.77. The van der Waals surface area contributed by atoms with Gasteiger partial charge in [0.1, 0.15) is 12.2 Å². The van der Waals surface area contributed by atoms with E-state index in [0.717, 1.165) is 10.9 Å². The lowest BCUT2D eigenvalue weighted by Crippen LogP contribution is -2.22. The summed E-state index contributed by atoms with van der Waals surface area (Å²) in [6.45, 7) is 5.64. The van der Waals surface area contributed by atoms with E-state index in [1.807, 2.05) is 26.8 Å². The van der Waals surface area contributed by atoms with E-state index in [0.29, 0.717) is 5.58 Å². The third-order valence-corrected chi connectivity index (χ3v) is 2.67. The van der Waals surface area contributed by atoms with Crippen LogP contribution in [0.1, 0.15) is 26.3 Å². The van der Waals surface area contributed by atoms with Gasteiger partial charge in [-0.2, -0.15) is 0 Å². The SMILES string of the molecule is CC(C)(C)C(=O)OCc1ccc2oc(=O)ccc2c1. The molecule has 2 aromatic rings. The topological polar surface area (TPSA) is 56.5 Å². The Morgan fingerprint density at radius 3 is 2.63 bits per heavy atom. The summed E-state index contributed by atoms with van der Waals surface area (Å²) in [5.74, 6) is -0.243. The molecule has 2 rings (SSSR count). The second kappa shape index (κ2) is 4.88. The van der Waals surface area contributed by atoms with Gasteiger partial charge in [-0.1, -0.05) is 6.07 Å². The minimum absolute atomic E-state index is 0.213. The average Bonchev–Trinajstić information content (AvgIpc) is 2.34. The van der Waals surface area contributed by atoms with Crippen molar-refractivity contribution in [1.82, 2.24) is 0 Å². The highest BCUT2D eigenvalue weighted by Gasteiger charge is 2.22. The molecular formula is C15H16O4. The van der Waals surface area contributed by atoms with E-state index in [2.05, 4.69) is 0 Å². The number of hydrogen-bond acceptors (Lipinski definition) is 4. The molecule has 100 valence electrons. The molecule has 0 amide bonds. The van der Waals surface area contributed by atoms with E-state index >= 15 is 0 Å². The zero-order valence-corrected chi connectivity index (χ0v) is 11.2. The lowest BCUT2D eigenvalue weighted by Gasteiger charge is -2.16. The zero-order chi connectivity index (χ0) is 14.0. The van der Waals surface area contributed by atoms with E-state index in [9.17, 15) is 9.59 Å². The summed E-state index contributed by atoms with van der Waals surface area (Å²) in [5, 5.41) is 0.809. The van der Waals surface area contributed by atoms with Gasteiger partial charge >= 0.3 is 11.6 Å². The van der Waals surface area contributed by atoms with Gasteiger partial charge in [-0.25, -0.2) is 4.79 Å². The maximum absolute atomic E-state index is 11.7. The maximum Gasteiger partial charge on any atom is 0.336 e. The summed E-state index contributed by atoms with van der Waals surface area (Å²) < 4.78 is 10.3. The smallest absolute Gasteiger partial charge is 0.336 e. The number of carbonyl (C=O) groups excluding carboxylic acids is 1. The molecule has 0 bridgehead atoms. The molecule has 4 nitrogen and oxygen atoms in total. The molecule has 0 unspecified atom stereocenters. The fourth-order valence-corrected chi connectivity index (χ4v) is 1.58. The summed E-state index contributed by atoms with van der Waals surface area (Å²) >= 11 is 0. The molecule has 0 saturated carbocycles. The van der Waals surface area contributed by atoms with Crippen LogP contribution >= 0.6 is 0 Å². The molecule has 0 aliphatic rings. The van der Waals surface area contributed by atoms with Gasteiger partial charge < -0.3 is 9.15 Å². The highest BCUT2D eigenvalue weighted by atomic mass is 16.5. The van der Waals surface area contributed by atoms with Crippen molar-refractivity contribution in [2.75, 3.05) is 0 Å². The van der Waals surface area contributed by atoms with Gasteiger partial charge in [0.25, 0.3) is 0 Å². The molecule has 1 heterocycles. The summed E-state index contributed by atoms with van der Waals surface area (Å²) in [6, 6.07) is 8.38. The van der Waals surface area contributed by atoms with Crippen LogP contribution in [0, 0.1) is 5.41 Å². The summed E-state index contributed by atoms with van der Waals surface area (Å²) in [7, 11) is 0. The average molecular weight is 260 g/mol. The normalized spacial score (nSPS) is 11.5. The van der Waals surface area contributed by atoms with E-state index in [1.165, 1.54) is 6.07 Å². The lowest BCUT2D eigenvalue weighted by molar-refractivity contribution is -0.154. The van der Waals surface area contributed by atoms with Crippen molar-refractivity contribution in [1.29, 1.82) is 0 Å². The van der Waals surface area contributed by atoms with Crippen LogP contribution in [0.3, 0.4) is 0 Å². The third-order valence-electron chi connectivity index (χ3n) is 2.67. The van der Waals surface area contributed by atoms with Gasteiger partial charge in [-0.3, -0.25) is 4.79 Å². The first kappa shape index (κ1) is 13.3. The second-order valence-electron chi connectivity index (χ2n) is 5.45. The first-order chi connectivity index (χ1) is 8.86. The Morgan fingerprint density at radius 2 is 1.95 bits per heavy atom. The van der Waals surface area contributed by atoms with Gasteiger partial charge in [0.05, 0.1) is 5.41 Å². The molecule has 4 heteroatoms. The van der Waals surface area contributed by atoms with Crippen LogP contribution < -0.4 is 5.63 Å². The van der Waals surface area contributed by atoms with Crippen LogP contribution in [0.5, 0.6) is 0 Å². The number of fused-ring (bicyclic) bond motifs is 1. The fraction of sp³-hybridized carbons (Fsp3) is 0.333. The maximum atomic E-state index is 11.7. The minimum atomic E-state index is -0.510. The molecule has 0 saturated heterocycles. The quantitative estimate of drug-likeness (QED) is 0.615. The van der Waals surface area contributed by atoms with Crippen molar-refractivity contribution in [3.63, 3.8) is 0 Å². The van der Waals surface area contributed by atoms with Crippen molar-refractivity contribution in [2.45, 2.75) is 27.4 Å². The van der Waals surface area contributed by atoms with Crippen LogP contribution in [-0.2, 0) is 16.1 Å². The predicted octanol–water partition coefficient (Wildman–Crippen LogP) is 2.88. The van der Waals surface area contributed by atoms with Gasteiger partial charge in [-0.15, -0.1) is 0 Å². The molecule has 0 fully saturated rings. The Morgan fingerprint density at radius 1 is 1.21 bits per heavy atom. The Kier molecular flexibility index (Phi) is 3.42. The van der Waals surface area contributed by atoms with Gasteiger partial charge in [0.2, 0.25) is 0 Å². The molecule has 1 aromatic heterocycles. The molecule has 19 heavy (non-hydrogen) atoms. The Bertz CT molecular complexity index is 662. The van der Waals surface area contributed by atoms with Crippen LogP contribution in [0.25, 0.3) is 11.0 Å². The Balaban J connectivity index is 2.16. The van der Waals surface area contributed by atoms with Crippen LogP contribution in [0.2, 0.25) is 0 Å². The summed E-state index contributed by atoms with van der Waals surface area (Å²) in [4.78, 5) is 22.7. The van der Waals surface area contributed by atoms with Crippen LogP contribution in [0.15, 0.2) is 39.5 Å². The van der Waals surface area contributed by atoms with Crippen molar-refractivity contribution in [3.8, 4) is 0 Å². The number of ether oxygens (including phenoxy) is 1. The van der Waals surface area contributed by atoms with Crippen molar-refractivity contribution >= 4 is 16.9 Å². The highest BCUT2D eigenvalue weighted by Crippen LogP contribution is 2.18. The van der Waals surface area contributed by atoms with Crippen molar-refractivity contribution in [2.24, 2.45) is 5.41 Å². The van der Waals surface area contributed by atoms with Crippen molar-refractivity contribution in [3.05, 3.63) is 46.3 Å². The number of hydrogen-bond donors (Lipinski definition) is 0. The number of benzene rings is 1. The zero-order valence-electron chi connectivity index (χ0n) is 11.2. The molecule has 0 aliphatic heterocycles. The van der Waals surface area contributed by atoms with E-state index in [1.54, 1.807) is 18.2 Å². The second-order valence-corrected chi connectivity index (χ2v) is 5.45. The molecule has 0 aliphatic carbocycles. The molecular weight excluding hydrogens is 244 g/mol. The number of rotatable bonds is 2. The molecule has 1 aromatic carbocycles. The first-order valence-corrected chi connectivity index (χ1v) is 6.06. The van der Waals surface area contributed by atoms with E-state index < -0.39 is 5.41 Å². The third kappa shape index (κ3) is 3.22. The van der Waals surface area contributed by atoms with Crippen molar-refractivity contribution < 1.29 is 13.9 Å². The molecule has 0 spiro atoms. The Labute approximate surface area is 111 Å². The lowest BCUT2D eigenvalue weighted by atomic mass is 9.97. The summed E-state index contributed by atoms with van der Waals surface area (Å²) in [6.07, 6.45) is 0. The van der Waals surface area contributed by atoms with Gasteiger partial charge in [0, 0.05) is 11.5 Å². The minimum Gasteiger partial charge on any atom is -0.460 e. The molecule has 0 atom stereocenters. The van der Waals surface area contributed by atoms with Gasteiger partial charge in [0.15, 0.2) is 0 Å². The molecule has 0 radical (unpaired) electrons. The first-order valence-electron chi connectivity index (χ1n) is 6.06. The number of carbonyl (C=O) groups is 1. The van der Waals surface area contributed by atoms with E-state index in [4.69, 9.17) is 9.15 Å². The molecule has 0 N–H and O–H groups in total. The summed E-state index contributed by atoms with van der Waals surface area (Å²) in [5.41, 5.74) is 0.501. The van der Waals surface area contributed by atoms with Gasteiger partial charge in [-0.05, 0) is 44.5 Å². The Hall–Kier alpha value is -2.10.